The van der Waals surface area contributed by atoms with Gasteiger partial charge in [0, 0.05) is 38.7 Å². The standard InChI is InChI=1S/3CH4O.Al.Li.H/c3*1-2;;;/h3*2H,1H3;;;/q;;;;+1;-1. The maximum atomic E-state index is 7.00. The van der Waals surface area contributed by atoms with E-state index in [2.05, 4.69) is 0 Å². The molecule has 0 aromatic rings. The molecule has 3 radical (unpaired) electrons. The summed E-state index contributed by atoms with van der Waals surface area (Å²) in [6.07, 6.45) is 0. The van der Waals surface area contributed by atoms with Crippen molar-refractivity contribution < 1.29 is 35.6 Å². The molecule has 0 fully saturated rings. The van der Waals surface area contributed by atoms with E-state index in [9.17, 15) is 0 Å². The first-order valence-electron chi connectivity index (χ1n) is 1.34. The molecular formula is C3H13AlLiO3. The van der Waals surface area contributed by atoms with Crippen LogP contribution in [-0.4, -0.2) is 54.0 Å². The molecule has 0 bridgehead atoms. The molecule has 0 atom stereocenters. The van der Waals surface area contributed by atoms with E-state index >= 15 is 0 Å². The number of hydrogen-bond acceptors (Lipinski definition) is 3. The maximum Gasteiger partial charge on any atom is 1.00 e. The second-order valence-electron chi connectivity index (χ2n) is 0. The summed E-state index contributed by atoms with van der Waals surface area (Å²) in [5.41, 5.74) is 0. The van der Waals surface area contributed by atoms with Crippen molar-refractivity contribution in [2.75, 3.05) is 21.3 Å². The van der Waals surface area contributed by atoms with Crippen LogP contribution >= 0.6 is 0 Å². The normalized spacial score (nSPS) is 2.25. The molecule has 0 amide bonds. The molecule has 0 aromatic carbocycles. The van der Waals surface area contributed by atoms with Crippen LogP contribution in [0.1, 0.15) is 1.43 Å². The SMILES string of the molecule is CO.CO.CO.[Al].[H-].[Li+]. The Morgan fingerprint density at radius 3 is 0.750 bits per heavy atom. The van der Waals surface area contributed by atoms with Crippen molar-refractivity contribution >= 4 is 17.4 Å². The monoisotopic (exact) mass is 131 g/mol. The van der Waals surface area contributed by atoms with Gasteiger partial charge in [0.1, 0.15) is 0 Å². The summed E-state index contributed by atoms with van der Waals surface area (Å²) in [4.78, 5) is 0. The Morgan fingerprint density at radius 1 is 0.750 bits per heavy atom. The van der Waals surface area contributed by atoms with E-state index in [0.717, 1.165) is 21.3 Å². The zero-order valence-corrected chi connectivity index (χ0v) is 7.07. The van der Waals surface area contributed by atoms with Gasteiger partial charge >= 0.3 is 18.9 Å². The summed E-state index contributed by atoms with van der Waals surface area (Å²) >= 11 is 0. The van der Waals surface area contributed by atoms with E-state index in [0.29, 0.717) is 0 Å². The van der Waals surface area contributed by atoms with Crippen molar-refractivity contribution in [3.63, 3.8) is 0 Å². The van der Waals surface area contributed by atoms with E-state index < -0.39 is 0 Å². The Hall–Kier alpha value is 1.01. The molecule has 0 spiro atoms. The molecule has 3 N–H and O–H groups in total. The van der Waals surface area contributed by atoms with Crippen LogP contribution in [0.3, 0.4) is 0 Å². The molecule has 0 aromatic heterocycles. The van der Waals surface area contributed by atoms with Gasteiger partial charge in [-0.05, 0) is 0 Å². The third-order valence-corrected chi connectivity index (χ3v) is 0. The van der Waals surface area contributed by atoms with Gasteiger partial charge in [-0.25, -0.2) is 0 Å². The van der Waals surface area contributed by atoms with Gasteiger partial charge in [-0.1, -0.05) is 0 Å². The molecule has 0 aliphatic carbocycles. The molecule has 0 aliphatic heterocycles. The summed E-state index contributed by atoms with van der Waals surface area (Å²) in [6, 6.07) is 0. The smallest absolute Gasteiger partial charge is 1.00 e. The molecule has 3 nitrogen and oxygen atoms in total. The van der Waals surface area contributed by atoms with Gasteiger partial charge in [-0.3, -0.25) is 0 Å². The predicted octanol–water partition coefficient (Wildman–Crippen LogP) is -4.44. The Kier molecular flexibility index (Phi) is 1730. The van der Waals surface area contributed by atoms with E-state index in [-0.39, 0.29) is 37.6 Å². The molecule has 0 unspecified atom stereocenters. The summed E-state index contributed by atoms with van der Waals surface area (Å²) in [5, 5.41) is 21.0. The topological polar surface area (TPSA) is 60.7 Å². The van der Waals surface area contributed by atoms with Crippen LogP contribution in [0.4, 0.5) is 0 Å². The molecule has 5 heteroatoms. The average Bonchev–Trinajstić information content (AvgIpc) is 1.81. The fourth-order valence-corrected chi connectivity index (χ4v) is 0. The Morgan fingerprint density at radius 2 is 0.750 bits per heavy atom. The Labute approximate surface area is 74.5 Å². The molecular weight excluding hydrogens is 118 g/mol. The first-order valence-corrected chi connectivity index (χ1v) is 1.34. The minimum absolute atomic E-state index is 0. The van der Waals surface area contributed by atoms with Gasteiger partial charge in [0.05, 0.1) is 0 Å². The van der Waals surface area contributed by atoms with Crippen LogP contribution in [0.2, 0.25) is 0 Å². The molecule has 0 rings (SSSR count). The first-order chi connectivity index (χ1) is 3.00. The summed E-state index contributed by atoms with van der Waals surface area (Å²) in [5.74, 6) is 0. The Bertz CT molecular complexity index is 19.0. The van der Waals surface area contributed by atoms with Gasteiger partial charge in [-0.2, -0.15) is 0 Å². The first kappa shape index (κ1) is 36.0. The summed E-state index contributed by atoms with van der Waals surface area (Å²) < 4.78 is 0. The molecule has 0 heterocycles. The Balaban J connectivity index is -0.00000000321. The minimum atomic E-state index is 0. The van der Waals surface area contributed by atoms with Crippen molar-refractivity contribution in [2.45, 2.75) is 0 Å². The second-order valence-corrected chi connectivity index (χ2v) is 0. The number of aliphatic hydroxyl groups is 3. The van der Waals surface area contributed by atoms with Crippen molar-refractivity contribution in [1.82, 2.24) is 0 Å². The molecule has 8 heavy (non-hydrogen) atoms. The molecule has 0 aliphatic rings. The van der Waals surface area contributed by atoms with Crippen LogP contribution in [-0.2, 0) is 0 Å². The van der Waals surface area contributed by atoms with Crippen LogP contribution < -0.4 is 18.9 Å². The number of aliphatic hydroxyl groups excluding tert-OH is 3. The predicted molar refractivity (Wildman–Crippen MR) is 31.3 cm³/mol. The summed E-state index contributed by atoms with van der Waals surface area (Å²) in [7, 11) is 3.00. The molecule has 0 saturated heterocycles. The summed E-state index contributed by atoms with van der Waals surface area (Å²) in [6.45, 7) is 0. The van der Waals surface area contributed by atoms with Crippen LogP contribution in [0.5, 0.6) is 0 Å². The van der Waals surface area contributed by atoms with Gasteiger partial charge in [0.25, 0.3) is 0 Å². The fraction of sp³-hybridized carbons (Fsp3) is 1.00. The number of hydrogen-bond donors (Lipinski definition) is 3. The van der Waals surface area contributed by atoms with Crippen molar-refractivity contribution in [3.8, 4) is 0 Å². The van der Waals surface area contributed by atoms with Crippen molar-refractivity contribution in [2.24, 2.45) is 0 Å². The van der Waals surface area contributed by atoms with Crippen molar-refractivity contribution in [3.05, 3.63) is 0 Å². The third kappa shape index (κ3) is 248. The van der Waals surface area contributed by atoms with Gasteiger partial charge in [0.15, 0.2) is 0 Å². The van der Waals surface area contributed by atoms with Crippen LogP contribution in [0.25, 0.3) is 0 Å². The number of rotatable bonds is 0. The minimum Gasteiger partial charge on any atom is -1.00 e. The van der Waals surface area contributed by atoms with E-state index in [4.69, 9.17) is 15.3 Å². The largest absolute Gasteiger partial charge is 1.00 e. The maximum absolute atomic E-state index is 7.00. The molecule has 0 saturated carbocycles. The van der Waals surface area contributed by atoms with Gasteiger partial charge in [-0.15, -0.1) is 0 Å². The quantitative estimate of drug-likeness (QED) is 0.291. The molecule has 47 valence electrons. The fourth-order valence-electron chi connectivity index (χ4n) is 0. The van der Waals surface area contributed by atoms with Crippen molar-refractivity contribution in [1.29, 1.82) is 0 Å². The van der Waals surface area contributed by atoms with Gasteiger partial charge < -0.3 is 16.7 Å². The van der Waals surface area contributed by atoms with E-state index in [1.807, 2.05) is 0 Å². The second kappa shape index (κ2) is 386. The zero-order chi connectivity index (χ0) is 6.00. The van der Waals surface area contributed by atoms with Crippen LogP contribution in [0.15, 0.2) is 0 Å². The average molecular weight is 131 g/mol. The van der Waals surface area contributed by atoms with E-state index in [1.54, 1.807) is 0 Å². The van der Waals surface area contributed by atoms with E-state index in [1.165, 1.54) is 0 Å². The zero-order valence-electron chi connectivity index (χ0n) is 6.92. The van der Waals surface area contributed by atoms with Crippen LogP contribution in [0, 0.1) is 0 Å². The van der Waals surface area contributed by atoms with Gasteiger partial charge in [0.2, 0.25) is 0 Å². The third-order valence-electron chi connectivity index (χ3n) is 0.